The van der Waals surface area contributed by atoms with Gasteiger partial charge >= 0.3 is 6.18 Å². The summed E-state index contributed by atoms with van der Waals surface area (Å²) in [5, 5.41) is 2.25. The van der Waals surface area contributed by atoms with Gasteiger partial charge in [-0.25, -0.2) is 4.98 Å². The molecule has 1 atom stereocenters. The first-order valence-corrected chi connectivity index (χ1v) is 8.10. The summed E-state index contributed by atoms with van der Waals surface area (Å²) in [4.78, 5) is 5.17. The molecule has 2 rings (SSSR count). The Morgan fingerprint density at radius 3 is 2.48 bits per heavy atom. The number of nitrogens with one attached hydrogen (secondary N) is 1. The Labute approximate surface area is 129 Å². The molecule has 0 amide bonds. The predicted octanol–water partition coefficient (Wildman–Crippen LogP) is 4.52. The molecule has 1 unspecified atom stereocenters. The van der Waals surface area contributed by atoms with Gasteiger partial charge in [-0.3, -0.25) is 0 Å². The third-order valence-corrected chi connectivity index (χ3v) is 5.16. The van der Waals surface area contributed by atoms with E-state index in [0.29, 0.717) is 22.0 Å². The molecule has 7 heteroatoms. The van der Waals surface area contributed by atoms with Crippen LogP contribution in [0.15, 0.2) is 35.4 Å². The van der Waals surface area contributed by atoms with Crippen LogP contribution in [0.3, 0.4) is 0 Å². The molecule has 0 aliphatic rings. The van der Waals surface area contributed by atoms with Gasteiger partial charge in [0.05, 0.1) is 6.04 Å². The van der Waals surface area contributed by atoms with Gasteiger partial charge in [-0.1, -0.05) is 17.7 Å². The predicted molar refractivity (Wildman–Crippen MR) is 80.8 cm³/mol. The quantitative estimate of drug-likeness (QED) is 0.815. The van der Waals surface area contributed by atoms with Gasteiger partial charge < -0.3 is 5.32 Å². The molecule has 0 saturated heterocycles. The number of halogens is 3. The lowest BCUT2D eigenvalue weighted by Gasteiger charge is -2.13. The molecule has 0 spiro atoms. The van der Waals surface area contributed by atoms with Crippen molar-refractivity contribution in [1.29, 1.82) is 0 Å². The lowest BCUT2D eigenvalue weighted by atomic mass is 10.2. The zero-order valence-electron chi connectivity index (χ0n) is 11.6. The van der Waals surface area contributed by atoms with E-state index < -0.39 is 11.2 Å². The van der Waals surface area contributed by atoms with Crippen molar-refractivity contribution in [3.63, 3.8) is 0 Å². The molecule has 1 N–H and O–H groups in total. The highest BCUT2D eigenvalue weighted by Gasteiger charge is 2.35. The number of thioether (sulfide) groups is 1. The van der Waals surface area contributed by atoms with Gasteiger partial charge in [-0.15, -0.1) is 23.1 Å². The summed E-state index contributed by atoms with van der Waals surface area (Å²) >= 11 is 2.31. The van der Waals surface area contributed by atoms with Gasteiger partial charge in [0.2, 0.25) is 0 Å². The van der Waals surface area contributed by atoms with Gasteiger partial charge in [-0.2, -0.15) is 13.2 Å². The lowest BCUT2D eigenvalue weighted by molar-refractivity contribution is -0.137. The Hall–Kier alpha value is -1.05. The molecule has 0 saturated carbocycles. The lowest BCUT2D eigenvalue weighted by Crippen LogP contribution is -2.17. The van der Waals surface area contributed by atoms with Crippen LogP contribution in [0.25, 0.3) is 0 Å². The third-order valence-electron chi connectivity index (χ3n) is 2.90. The van der Waals surface area contributed by atoms with E-state index >= 15 is 0 Å². The van der Waals surface area contributed by atoms with Crippen molar-refractivity contribution < 1.29 is 13.2 Å². The summed E-state index contributed by atoms with van der Waals surface area (Å²) in [6.45, 7) is 2.01. The van der Waals surface area contributed by atoms with Crippen LogP contribution in [0.5, 0.6) is 0 Å². The fraction of sp³-hybridized carbons (Fsp3) is 0.357. The van der Waals surface area contributed by atoms with E-state index in [-0.39, 0.29) is 6.04 Å². The summed E-state index contributed by atoms with van der Waals surface area (Å²) < 4.78 is 37.7. The number of hydrogen-bond acceptors (Lipinski definition) is 4. The Kier molecular flexibility index (Phi) is 5.29. The van der Waals surface area contributed by atoms with E-state index in [1.807, 2.05) is 31.2 Å². The molecule has 0 aliphatic carbocycles. The number of aryl methyl sites for hydroxylation is 1. The largest absolute Gasteiger partial charge is 0.443 e. The van der Waals surface area contributed by atoms with Crippen molar-refractivity contribution in [2.45, 2.75) is 24.0 Å². The molecule has 0 radical (unpaired) electrons. The Morgan fingerprint density at radius 1 is 1.29 bits per heavy atom. The molecule has 21 heavy (non-hydrogen) atoms. The van der Waals surface area contributed by atoms with E-state index in [1.54, 1.807) is 18.8 Å². The smallest absolute Gasteiger partial charge is 0.312 e. The molecule has 0 fully saturated rings. The van der Waals surface area contributed by atoms with Crippen LogP contribution in [0.1, 0.15) is 21.5 Å². The summed E-state index contributed by atoms with van der Waals surface area (Å²) in [7, 11) is 1.74. The molecule has 1 heterocycles. The maximum Gasteiger partial charge on any atom is 0.443 e. The fourth-order valence-electron chi connectivity index (χ4n) is 1.70. The molecular weight excluding hydrogens is 317 g/mol. The molecular formula is C14H15F3N2S2. The van der Waals surface area contributed by atoms with Gasteiger partial charge in [0.1, 0.15) is 0 Å². The van der Waals surface area contributed by atoms with Crippen LogP contribution in [0.4, 0.5) is 13.2 Å². The second-order valence-electron chi connectivity index (χ2n) is 4.53. The zero-order valence-corrected chi connectivity index (χ0v) is 13.2. The van der Waals surface area contributed by atoms with Gasteiger partial charge in [0.25, 0.3) is 0 Å². The third kappa shape index (κ3) is 4.46. The van der Waals surface area contributed by atoms with Crippen molar-refractivity contribution in [2.24, 2.45) is 0 Å². The highest BCUT2D eigenvalue weighted by Crippen LogP contribution is 2.35. The minimum atomic E-state index is -4.37. The second-order valence-corrected chi connectivity index (χ2v) is 6.69. The van der Waals surface area contributed by atoms with Crippen LogP contribution in [-0.4, -0.2) is 17.8 Å². The van der Waals surface area contributed by atoms with Gasteiger partial charge in [0, 0.05) is 21.7 Å². The molecule has 0 bridgehead atoms. The monoisotopic (exact) mass is 332 g/mol. The molecule has 1 aromatic carbocycles. The first-order chi connectivity index (χ1) is 9.90. The number of rotatable bonds is 5. The summed E-state index contributed by atoms with van der Waals surface area (Å²) in [5.41, 5.74) is 1.18. The molecule has 0 aliphatic heterocycles. The second kappa shape index (κ2) is 6.81. The highest BCUT2D eigenvalue weighted by molar-refractivity contribution is 7.99. The topological polar surface area (TPSA) is 24.9 Å². The Balaban J connectivity index is 2.03. The van der Waals surface area contributed by atoms with Crippen molar-refractivity contribution in [2.75, 3.05) is 12.8 Å². The minimum Gasteiger partial charge on any atom is -0.312 e. The van der Waals surface area contributed by atoms with Crippen LogP contribution < -0.4 is 5.32 Å². The van der Waals surface area contributed by atoms with Crippen molar-refractivity contribution in [3.05, 3.63) is 45.9 Å². The van der Waals surface area contributed by atoms with Crippen molar-refractivity contribution in [1.82, 2.24) is 10.3 Å². The molecule has 2 aromatic rings. The first kappa shape index (κ1) is 16.3. The van der Waals surface area contributed by atoms with Gasteiger partial charge in [-0.05, 0) is 26.1 Å². The fourth-order valence-corrected chi connectivity index (χ4v) is 3.73. The number of hydrogen-bond donors (Lipinski definition) is 1. The van der Waals surface area contributed by atoms with Crippen LogP contribution >= 0.6 is 23.1 Å². The summed E-state index contributed by atoms with van der Waals surface area (Å²) in [6.07, 6.45) is -3.06. The molecule has 2 nitrogen and oxygen atoms in total. The zero-order chi connectivity index (χ0) is 15.5. The summed E-state index contributed by atoms with van der Waals surface area (Å²) in [6, 6.07) is 7.92. The van der Waals surface area contributed by atoms with Gasteiger partial charge in [0.15, 0.2) is 5.01 Å². The standard InChI is InChI=1S/C14H15F3N2S2/c1-9-3-5-10(6-4-9)20-8-11(18-2)12-7-19-13(21-12)14(15,16)17/h3-7,11,18H,8H2,1-2H3. The van der Waals surface area contributed by atoms with Crippen LogP contribution in [0.2, 0.25) is 0 Å². The van der Waals surface area contributed by atoms with E-state index in [2.05, 4.69) is 10.3 Å². The number of benzene rings is 1. The van der Waals surface area contributed by atoms with Crippen molar-refractivity contribution in [3.8, 4) is 0 Å². The highest BCUT2D eigenvalue weighted by atomic mass is 32.2. The van der Waals surface area contributed by atoms with Crippen LogP contribution in [0, 0.1) is 6.92 Å². The number of alkyl halides is 3. The van der Waals surface area contributed by atoms with E-state index in [1.165, 1.54) is 11.8 Å². The van der Waals surface area contributed by atoms with Crippen molar-refractivity contribution >= 4 is 23.1 Å². The summed E-state index contributed by atoms with van der Waals surface area (Å²) in [5.74, 6) is 0.652. The maximum absolute atomic E-state index is 12.6. The Bertz CT molecular complexity index is 579. The Morgan fingerprint density at radius 2 is 1.95 bits per heavy atom. The number of nitrogens with zero attached hydrogens (tertiary/aromatic N) is 1. The average molecular weight is 332 g/mol. The van der Waals surface area contributed by atoms with E-state index in [0.717, 1.165) is 4.90 Å². The normalized spacial score (nSPS) is 13.4. The van der Waals surface area contributed by atoms with E-state index in [4.69, 9.17) is 0 Å². The molecule has 1 aromatic heterocycles. The van der Waals surface area contributed by atoms with Crippen LogP contribution in [-0.2, 0) is 6.18 Å². The molecule has 114 valence electrons. The maximum atomic E-state index is 12.6. The SMILES string of the molecule is CNC(CSc1ccc(C)cc1)c1cnc(C(F)(F)F)s1. The average Bonchev–Trinajstić information content (AvgIpc) is 2.91. The number of aromatic nitrogens is 1. The van der Waals surface area contributed by atoms with E-state index in [9.17, 15) is 13.2 Å². The minimum absolute atomic E-state index is 0.148. The first-order valence-electron chi connectivity index (χ1n) is 6.30. The number of thiazole rings is 1.